The highest BCUT2D eigenvalue weighted by atomic mass is 16.3. The number of nitrogens with zero attached hydrogens (tertiary/aromatic N) is 8. The topological polar surface area (TPSA) is 207 Å². The first-order valence-corrected chi connectivity index (χ1v) is 10.4. The van der Waals surface area contributed by atoms with Crippen LogP contribution in [-0.2, 0) is 9.59 Å². The van der Waals surface area contributed by atoms with Crippen molar-refractivity contribution in [3.63, 3.8) is 0 Å². The van der Waals surface area contributed by atoms with E-state index in [1.807, 2.05) is 0 Å². The first-order chi connectivity index (χ1) is 15.7. The van der Waals surface area contributed by atoms with E-state index in [1.54, 1.807) is 0 Å². The molecule has 2 aromatic heterocycles. The Morgan fingerprint density at radius 3 is 1.48 bits per heavy atom. The number of hydrogen-bond donors (Lipinski definition) is 4. The van der Waals surface area contributed by atoms with E-state index in [1.165, 1.54) is 13.8 Å². The molecule has 0 aromatic carbocycles. The number of Topliss-reactive ketones (excluding diaryl/α,β-unsaturated/α-hetero) is 2. The molecule has 0 bridgehead atoms. The Labute approximate surface area is 187 Å². The molecule has 2 aromatic rings. The van der Waals surface area contributed by atoms with Gasteiger partial charge in [0.25, 0.3) is 23.8 Å². The summed E-state index contributed by atoms with van der Waals surface area (Å²) < 4.78 is 2.16. The van der Waals surface area contributed by atoms with Crippen LogP contribution in [0.1, 0.15) is 69.2 Å². The summed E-state index contributed by atoms with van der Waals surface area (Å²) in [5, 5.41) is 50.6. The van der Waals surface area contributed by atoms with Crippen molar-refractivity contribution in [2.24, 2.45) is 20.5 Å². The summed E-state index contributed by atoms with van der Waals surface area (Å²) >= 11 is 0. The molecule has 14 nitrogen and oxygen atoms in total. The van der Waals surface area contributed by atoms with E-state index in [-0.39, 0.29) is 58.5 Å². The molecule has 4 rings (SSSR count). The summed E-state index contributed by atoms with van der Waals surface area (Å²) in [5.74, 6) is -2.61. The summed E-state index contributed by atoms with van der Waals surface area (Å²) in [7, 11) is 0. The van der Waals surface area contributed by atoms with E-state index >= 15 is 0 Å². The second-order valence-corrected chi connectivity index (χ2v) is 7.92. The molecule has 33 heavy (non-hydrogen) atoms. The lowest BCUT2D eigenvalue weighted by atomic mass is 9.91. The highest BCUT2D eigenvalue weighted by molar-refractivity contribution is 5.89. The summed E-state index contributed by atoms with van der Waals surface area (Å²) in [6, 6.07) is 0. The minimum absolute atomic E-state index is 0.0717. The van der Waals surface area contributed by atoms with E-state index in [9.17, 15) is 19.8 Å². The molecular weight excluding hydrogens is 432 g/mol. The van der Waals surface area contributed by atoms with Gasteiger partial charge in [-0.25, -0.2) is 19.1 Å². The number of carbonyl (C=O) groups is 2. The number of rotatable bonds is 10. The summed E-state index contributed by atoms with van der Waals surface area (Å²) in [4.78, 5) is 32.7. The van der Waals surface area contributed by atoms with Crippen molar-refractivity contribution < 1.29 is 19.8 Å². The van der Waals surface area contributed by atoms with Gasteiger partial charge in [0, 0.05) is 0 Å². The Balaban J connectivity index is 1.37. The van der Waals surface area contributed by atoms with E-state index < -0.39 is 11.8 Å². The maximum absolute atomic E-state index is 12.2. The molecule has 14 heteroatoms. The molecule has 0 fully saturated rings. The van der Waals surface area contributed by atoms with Crippen LogP contribution in [-0.4, -0.2) is 52.8 Å². The minimum Gasteiger partial charge on any atom is -0.493 e. The Morgan fingerprint density at radius 1 is 0.758 bits per heavy atom. The lowest BCUT2D eigenvalue weighted by Crippen LogP contribution is -2.12. The van der Waals surface area contributed by atoms with Gasteiger partial charge >= 0.3 is 0 Å². The zero-order chi connectivity index (χ0) is 23.9. The highest BCUT2D eigenvalue weighted by Gasteiger charge is 2.32. The summed E-state index contributed by atoms with van der Waals surface area (Å²) in [5.41, 5.74) is 0.355. The minimum atomic E-state index is -0.647. The van der Waals surface area contributed by atoms with Gasteiger partial charge in [-0.1, -0.05) is 19.3 Å². The molecule has 0 saturated heterocycles. The molecule has 0 saturated carbocycles. The Hall–Kier alpha value is -4.10. The molecule has 172 valence electrons. The Kier molecular flexibility index (Phi) is 5.66. The number of unbranched alkanes of at least 4 members (excludes halogenated alkanes) is 2. The SMILES string of the molecule is CC(=O)[C@H](CCCCC[C@@H](C(C)=O)c1nc2n(c1O)C(=N)N=N2)c1nc2n(c1O)C(=N)N=N2. The maximum atomic E-state index is 12.2. The zero-order valence-corrected chi connectivity index (χ0v) is 18.0. The second-order valence-electron chi connectivity index (χ2n) is 7.92. The average molecular weight is 454 g/mol. The van der Waals surface area contributed by atoms with Gasteiger partial charge in [-0.05, 0) is 26.7 Å². The van der Waals surface area contributed by atoms with Crippen LogP contribution >= 0.6 is 0 Å². The van der Waals surface area contributed by atoms with Gasteiger partial charge in [-0.3, -0.25) is 20.4 Å². The number of imidazole rings is 2. The normalized spacial score (nSPS) is 15.7. The third kappa shape index (κ3) is 3.83. The predicted octanol–water partition coefficient (Wildman–Crippen LogP) is 3.25. The van der Waals surface area contributed by atoms with Crippen LogP contribution in [0.25, 0.3) is 0 Å². The lowest BCUT2D eigenvalue weighted by molar-refractivity contribution is -0.119. The molecule has 4 N–H and O–H groups in total. The van der Waals surface area contributed by atoms with Gasteiger partial charge in [-0.15, -0.1) is 20.5 Å². The van der Waals surface area contributed by atoms with Crippen LogP contribution in [0.4, 0.5) is 11.9 Å². The second kappa shape index (κ2) is 8.44. The van der Waals surface area contributed by atoms with Crippen molar-refractivity contribution in [3.05, 3.63) is 11.4 Å². The fourth-order valence-electron chi connectivity index (χ4n) is 4.04. The van der Waals surface area contributed by atoms with Crippen LogP contribution < -0.4 is 0 Å². The standard InChI is InChI=1S/C19H22N10O4/c1-8(30)10(12-14(32)28-16(20)24-26-18(28)22-12)6-4-3-5-7-11(9(2)31)13-15(33)29-17(21)25-27-19(29)23-13/h10-11,20-21,32-33H,3-7H2,1-2H3/t10-,11-/m0/s1. The average Bonchev–Trinajstić information content (AvgIpc) is 3.47. The predicted molar refractivity (Wildman–Crippen MR) is 113 cm³/mol. The number of aromatic nitrogens is 4. The summed E-state index contributed by atoms with van der Waals surface area (Å²) in [6.07, 6.45) is 2.79. The van der Waals surface area contributed by atoms with Gasteiger partial charge in [0.05, 0.1) is 11.8 Å². The zero-order valence-electron chi connectivity index (χ0n) is 18.0. The largest absolute Gasteiger partial charge is 0.493 e. The van der Waals surface area contributed by atoms with Gasteiger partial charge < -0.3 is 10.2 Å². The first-order valence-electron chi connectivity index (χ1n) is 10.4. The first kappa shape index (κ1) is 22.1. The molecule has 2 aliphatic heterocycles. The van der Waals surface area contributed by atoms with Crippen LogP contribution in [0.2, 0.25) is 0 Å². The number of carbonyl (C=O) groups excluding carboxylic acids is 2. The molecule has 0 radical (unpaired) electrons. The van der Waals surface area contributed by atoms with E-state index in [0.29, 0.717) is 32.1 Å². The number of fused-ring (bicyclic) bond motifs is 2. The third-order valence-electron chi connectivity index (χ3n) is 5.74. The smallest absolute Gasteiger partial charge is 0.259 e. The van der Waals surface area contributed by atoms with E-state index in [0.717, 1.165) is 9.13 Å². The third-order valence-corrected chi connectivity index (χ3v) is 5.74. The molecule has 2 atom stereocenters. The fraction of sp³-hybridized carbons (Fsp3) is 0.474. The van der Waals surface area contributed by atoms with Crippen LogP contribution in [0.3, 0.4) is 0 Å². The van der Waals surface area contributed by atoms with Crippen molar-refractivity contribution in [1.29, 1.82) is 10.8 Å². The van der Waals surface area contributed by atoms with Gasteiger partial charge in [0.1, 0.15) is 23.0 Å². The van der Waals surface area contributed by atoms with Crippen LogP contribution in [0.5, 0.6) is 11.8 Å². The quantitative estimate of drug-likeness (QED) is 0.396. The van der Waals surface area contributed by atoms with Crippen LogP contribution in [0, 0.1) is 10.8 Å². The van der Waals surface area contributed by atoms with Crippen molar-refractivity contribution in [2.75, 3.05) is 0 Å². The van der Waals surface area contributed by atoms with E-state index in [4.69, 9.17) is 10.8 Å². The van der Waals surface area contributed by atoms with Gasteiger partial charge in [0.15, 0.2) is 0 Å². The van der Waals surface area contributed by atoms with Crippen molar-refractivity contribution in [3.8, 4) is 11.8 Å². The molecule has 2 aliphatic rings. The van der Waals surface area contributed by atoms with Crippen molar-refractivity contribution >= 4 is 35.4 Å². The highest BCUT2D eigenvalue weighted by Crippen LogP contribution is 2.38. The number of hydrogen-bond acceptors (Lipinski definition) is 10. The number of ketones is 2. The fourth-order valence-corrected chi connectivity index (χ4v) is 4.04. The maximum Gasteiger partial charge on any atom is 0.259 e. The Bertz CT molecular complexity index is 1140. The van der Waals surface area contributed by atoms with Crippen molar-refractivity contribution in [2.45, 2.75) is 57.8 Å². The molecule has 0 aliphatic carbocycles. The molecule has 0 spiro atoms. The van der Waals surface area contributed by atoms with E-state index in [2.05, 4.69) is 30.4 Å². The molecule has 4 heterocycles. The number of aromatic hydroxyl groups is 2. The monoisotopic (exact) mass is 454 g/mol. The molecule has 0 amide bonds. The summed E-state index contributed by atoms with van der Waals surface area (Å²) in [6.45, 7) is 2.84. The number of nitrogens with one attached hydrogen (secondary N) is 2. The molecular formula is C19H22N10O4. The Morgan fingerprint density at radius 2 is 1.15 bits per heavy atom. The lowest BCUT2D eigenvalue weighted by Gasteiger charge is -2.14. The van der Waals surface area contributed by atoms with Crippen LogP contribution in [0.15, 0.2) is 20.5 Å². The van der Waals surface area contributed by atoms with Crippen molar-refractivity contribution in [1.82, 2.24) is 19.1 Å². The molecule has 0 unspecified atom stereocenters. The number of azo groups is 2. The van der Waals surface area contributed by atoms with Gasteiger partial charge in [0.2, 0.25) is 11.8 Å². The van der Waals surface area contributed by atoms with Gasteiger partial charge in [-0.2, -0.15) is 0 Å².